The van der Waals surface area contributed by atoms with Crippen molar-refractivity contribution in [2.24, 2.45) is 5.73 Å². The van der Waals surface area contributed by atoms with Crippen LogP contribution in [-0.4, -0.2) is 23.3 Å². The van der Waals surface area contributed by atoms with E-state index in [-0.39, 0.29) is 0 Å². The molecule has 2 heterocycles. The Morgan fingerprint density at radius 1 is 1.33 bits per heavy atom. The Morgan fingerprint density at radius 3 is 3.00 bits per heavy atom. The Labute approximate surface area is 71.5 Å². The topological polar surface area (TPSA) is 66.7 Å². The highest BCUT2D eigenvalue weighted by Crippen LogP contribution is 2.13. The Balaban J connectivity index is 2.32. The Morgan fingerprint density at radius 2 is 2.17 bits per heavy atom. The van der Waals surface area contributed by atoms with E-state index >= 15 is 0 Å². The van der Waals surface area contributed by atoms with Crippen LogP contribution in [0, 0.1) is 0 Å². The summed E-state index contributed by atoms with van der Waals surface area (Å²) in [7, 11) is 0. The lowest BCUT2D eigenvalue weighted by Crippen LogP contribution is -2.17. The minimum atomic E-state index is 0.547. The van der Waals surface area contributed by atoms with Crippen LogP contribution in [0.2, 0.25) is 0 Å². The lowest BCUT2D eigenvalue weighted by atomic mass is 10.1. The van der Waals surface area contributed by atoms with Crippen molar-refractivity contribution in [2.75, 3.05) is 13.1 Å². The number of hydrogen-bond donors (Lipinski definition) is 3. The van der Waals surface area contributed by atoms with E-state index in [1.807, 2.05) is 0 Å². The minimum Gasteiger partial charge on any atom is -0.325 e. The van der Waals surface area contributed by atoms with E-state index in [1.54, 1.807) is 0 Å². The molecule has 0 spiro atoms. The summed E-state index contributed by atoms with van der Waals surface area (Å²) in [5, 5.41) is 10.6. The summed E-state index contributed by atoms with van der Waals surface area (Å²) in [5.41, 5.74) is 9.20. The molecule has 0 aliphatic carbocycles. The average Bonchev–Trinajstić information content (AvgIpc) is 2.33. The molecule has 1 aliphatic rings. The molecule has 4 nitrogen and oxygen atoms in total. The molecular weight excluding hydrogens is 152 g/mol. The summed E-state index contributed by atoms with van der Waals surface area (Å²) in [6.45, 7) is 2.63. The largest absolute Gasteiger partial charge is 0.325 e. The van der Waals surface area contributed by atoms with Gasteiger partial charge in [-0.25, -0.2) is 0 Å². The highest BCUT2D eigenvalue weighted by atomic mass is 15.1. The summed E-state index contributed by atoms with van der Waals surface area (Å²) < 4.78 is 0. The van der Waals surface area contributed by atoms with Crippen LogP contribution >= 0.6 is 0 Å². The minimum absolute atomic E-state index is 0.547. The lowest BCUT2D eigenvalue weighted by Gasteiger charge is -1.97. The molecule has 1 aliphatic heterocycles. The van der Waals surface area contributed by atoms with Crippen molar-refractivity contribution in [2.45, 2.75) is 19.4 Å². The zero-order chi connectivity index (χ0) is 8.39. The third kappa shape index (κ3) is 1.23. The van der Waals surface area contributed by atoms with E-state index in [2.05, 4.69) is 15.5 Å². The number of hydrogen-bond acceptors (Lipinski definition) is 3. The summed E-state index contributed by atoms with van der Waals surface area (Å²) in [4.78, 5) is 0. The first-order valence-electron chi connectivity index (χ1n) is 4.37. The number of fused-ring (bicyclic) bond motifs is 1. The smallest absolute Gasteiger partial charge is 0.0793 e. The zero-order valence-corrected chi connectivity index (χ0v) is 7.06. The summed E-state index contributed by atoms with van der Waals surface area (Å²) in [6, 6.07) is 0. The van der Waals surface area contributed by atoms with E-state index in [4.69, 9.17) is 5.73 Å². The molecule has 66 valence electrons. The van der Waals surface area contributed by atoms with E-state index in [0.717, 1.165) is 31.6 Å². The molecule has 0 aromatic carbocycles. The number of aromatic amines is 1. The molecule has 12 heavy (non-hydrogen) atoms. The van der Waals surface area contributed by atoms with Crippen LogP contribution in [0.15, 0.2) is 0 Å². The monoisotopic (exact) mass is 166 g/mol. The predicted molar refractivity (Wildman–Crippen MR) is 46.8 cm³/mol. The van der Waals surface area contributed by atoms with Crippen LogP contribution in [0.3, 0.4) is 0 Å². The number of nitrogens with two attached hydrogens (primary N) is 1. The van der Waals surface area contributed by atoms with Crippen molar-refractivity contribution >= 4 is 0 Å². The number of rotatable bonds is 1. The molecular formula is C8H14N4. The molecule has 1 aromatic heterocycles. The van der Waals surface area contributed by atoms with Gasteiger partial charge in [0.25, 0.3) is 0 Å². The summed E-state index contributed by atoms with van der Waals surface area (Å²) in [5.74, 6) is 0. The second-order valence-electron chi connectivity index (χ2n) is 3.08. The maximum atomic E-state index is 5.57. The molecule has 0 fully saturated rings. The fourth-order valence-electron chi connectivity index (χ4n) is 1.67. The van der Waals surface area contributed by atoms with Crippen molar-refractivity contribution in [1.82, 2.24) is 15.5 Å². The van der Waals surface area contributed by atoms with Crippen LogP contribution in [0.4, 0.5) is 0 Å². The molecule has 0 atom stereocenters. The molecule has 4 heteroatoms. The average molecular weight is 166 g/mol. The lowest BCUT2D eigenvalue weighted by molar-refractivity contribution is 0.699. The second kappa shape index (κ2) is 3.25. The van der Waals surface area contributed by atoms with Gasteiger partial charge in [0.2, 0.25) is 0 Å². The predicted octanol–water partition coefficient (Wildman–Crippen LogP) is -0.443. The Hall–Kier alpha value is -0.870. The van der Waals surface area contributed by atoms with E-state index in [1.165, 1.54) is 11.3 Å². The SMILES string of the molecule is NCc1n[nH]c2c1CCNCC2. The normalized spacial score (nSPS) is 17.1. The number of nitrogens with one attached hydrogen (secondary N) is 2. The van der Waals surface area contributed by atoms with Crippen LogP contribution in [0.1, 0.15) is 17.0 Å². The second-order valence-corrected chi connectivity index (χ2v) is 3.08. The third-order valence-corrected chi connectivity index (χ3v) is 2.34. The first kappa shape index (κ1) is 7.76. The summed E-state index contributed by atoms with van der Waals surface area (Å²) in [6.07, 6.45) is 2.10. The van der Waals surface area contributed by atoms with Crippen molar-refractivity contribution < 1.29 is 0 Å². The van der Waals surface area contributed by atoms with Gasteiger partial charge in [0.1, 0.15) is 0 Å². The van der Waals surface area contributed by atoms with Crippen molar-refractivity contribution in [3.8, 4) is 0 Å². The number of nitrogens with zero attached hydrogens (tertiary/aromatic N) is 1. The molecule has 0 saturated carbocycles. The van der Waals surface area contributed by atoms with Gasteiger partial charge in [-0.1, -0.05) is 0 Å². The molecule has 0 unspecified atom stereocenters. The molecule has 0 radical (unpaired) electrons. The van der Waals surface area contributed by atoms with Gasteiger partial charge in [0.15, 0.2) is 0 Å². The Kier molecular flexibility index (Phi) is 2.10. The van der Waals surface area contributed by atoms with Crippen LogP contribution in [-0.2, 0) is 19.4 Å². The van der Waals surface area contributed by atoms with Crippen molar-refractivity contribution in [3.63, 3.8) is 0 Å². The van der Waals surface area contributed by atoms with Crippen LogP contribution in [0.25, 0.3) is 0 Å². The molecule has 2 rings (SSSR count). The summed E-state index contributed by atoms with van der Waals surface area (Å²) >= 11 is 0. The van der Waals surface area contributed by atoms with Gasteiger partial charge in [0, 0.05) is 25.2 Å². The fraction of sp³-hybridized carbons (Fsp3) is 0.625. The maximum Gasteiger partial charge on any atom is 0.0793 e. The van der Waals surface area contributed by atoms with Crippen molar-refractivity contribution in [3.05, 3.63) is 17.0 Å². The van der Waals surface area contributed by atoms with Gasteiger partial charge in [0.05, 0.1) is 5.69 Å². The Bertz CT molecular complexity index is 266. The number of H-pyrrole nitrogens is 1. The van der Waals surface area contributed by atoms with Crippen molar-refractivity contribution in [1.29, 1.82) is 0 Å². The van der Waals surface area contributed by atoms with E-state index in [9.17, 15) is 0 Å². The van der Waals surface area contributed by atoms with E-state index < -0.39 is 0 Å². The van der Waals surface area contributed by atoms with Gasteiger partial charge < -0.3 is 11.1 Å². The first-order valence-corrected chi connectivity index (χ1v) is 4.37. The highest BCUT2D eigenvalue weighted by Gasteiger charge is 2.13. The van der Waals surface area contributed by atoms with Gasteiger partial charge in [-0.15, -0.1) is 0 Å². The van der Waals surface area contributed by atoms with Gasteiger partial charge in [-0.05, 0) is 18.5 Å². The molecule has 0 bridgehead atoms. The highest BCUT2D eigenvalue weighted by molar-refractivity contribution is 5.26. The van der Waals surface area contributed by atoms with Gasteiger partial charge >= 0.3 is 0 Å². The van der Waals surface area contributed by atoms with Crippen LogP contribution in [0.5, 0.6) is 0 Å². The van der Waals surface area contributed by atoms with Gasteiger partial charge in [-0.3, -0.25) is 5.10 Å². The molecule has 0 amide bonds. The first-order chi connectivity index (χ1) is 5.92. The molecule has 0 saturated heterocycles. The van der Waals surface area contributed by atoms with Crippen LogP contribution < -0.4 is 11.1 Å². The number of aromatic nitrogens is 2. The molecule has 1 aromatic rings. The zero-order valence-electron chi connectivity index (χ0n) is 7.06. The fourth-order valence-corrected chi connectivity index (χ4v) is 1.67. The maximum absolute atomic E-state index is 5.57. The standard InChI is InChI=1S/C8H14N4/c9-5-8-6-1-3-10-4-2-7(6)11-12-8/h10H,1-5,9H2,(H,11,12). The molecule has 4 N–H and O–H groups in total. The third-order valence-electron chi connectivity index (χ3n) is 2.34. The quantitative estimate of drug-likeness (QED) is 0.529. The van der Waals surface area contributed by atoms with Gasteiger partial charge in [-0.2, -0.15) is 5.10 Å². The van der Waals surface area contributed by atoms with E-state index in [0.29, 0.717) is 6.54 Å².